The molecule has 1 unspecified atom stereocenters. The quantitative estimate of drug-likeness (QED) is 0.460. The van der Waals surface area contributed by atoms with Gasteiger partial charge in [0.25, 0.3) is 6.01 Å². The van der Waals surface area contributed by atoms with E-state index in [9.17, 15) is 9.90 Å². The molecule has 41 heavy (non-hydrogen) atoms. The highest BCUT2D eigenvalue weighted by molar-refractivity contribution is 6.33. The molecule has 6 heterocycles. The van der Waals surface area contributed by atoms with Crippen molar-refractivity contribution < 1.29 is 33.6 Å². The number of carbonyl (C=O) groups is 1. The number of benzene rings is 1. The molecule has 4 fully saturated rings. The summed E-state index contributed by atoms with van der Waals surface area (Å²) in [7, 11) is 0. The molecule has 2 aromatic heterocycles. The highest BCUT2D eigenvalue weighted by Crippen LogP contribution is 2.33. The number of halogens is 1. The van der Waals surface area contributed by atoms with Crippen LogP contribution in [0.3, 0.4) is 0 Å². The molecule has 1 amide bonds. The summed E-state index contributed by atoms with van der Waals surface area (Å²) in [5.74, 6) is 0. The molecule has 0 saturated carbocycles. The van der Waals surface area contributed by atoms with E-state index in [4.69, 9.17) is 40.3 Å². The summed E-state index contributed by atoms with van der Waals surface area (Å²) in [6.45, 7) is 4.46. The number of pyridine rings is 1. The lowest BCUT2D eigenvalue weighted by molar-refractivity contribution is 0.00705. The molecule has 4 aliphatic rings. The third-order valence-electron chi connectivity index (χ3n) is 8.13. The molecule has 218 valence electrons. The fourth-order valence-corrected chi connectivity index (χ4v) is 6.13. The number of morpholine rings is 1. The van der Waals surface area contributed by atoms with Gasteiger partial charge in [0.2, 0.25) is 0 Å². The zero-order chi connectivity index (χ0) is 27.9. The largest absolute Gasteiger partial charge is 0.456 e. The normalized spacial score (nSPS) is 26.9. The van der Waals surface area contributed by atoms with E-state index in [-0.39, 0.29) is 37.1 Å². The topological polar surface area (TPSA) is 132 Å². The summed E-state index contributed by atoms with van der Waals surface area (Å²) < 4.78 is 28.3. The van der Waals surface area contributed by atoms with E-state index in [1.807, 2.05) is 12.1 Å². The van der Waals surface area contributed by atoms with Crippen LogP contribution >= 0.6 is 11.6 Å². The predicted octanol–water partition coefficient (Wildman–Crippen LogP) is 2.62. The minimum Gasteiger partial charge on any atom is -0.456 e. The molecule has 0 bridgehead atoms. The number of H-pyrrole nitrogens is 1. The van der Waals surface area contributed by atoms with Crippen molar-refractivity contribution in [3.63, 3.8) is 0 Å². The average Bonchev–Trinajstić information content (AvgIpc) is 3.70. The van der Waals surface area contributed by atoms with Gasteiger partial charge in [-0.1, -0.05) is 23.7 Å². The fourth-order valence-electron chi connectivity index (χ4n) is 5.87. The second-order valence-corrected chi connectivity index (χ2v) is 11.2. The van der Waals surface area contributed by atoms with Crippen LogP contribution in [0.25, 0.3) is 22.4 Å². The number of hydrogen-bond donors (Lipinski definition) is 2. The Bertz CT molecular complexity index is 1390. The maximum absolute atomic E-state index is 12.4. The minimum absolute atomic E-state index is 0.0711. The molecule has 12 nitrogen and oxygen atoms in total. The fraction of sp³-hybridized carbons (Fsp3) is 0.536. The van der Waals surface area contributed by atoms with Gasteiger partial charge in [0.15, 0.2) is 11.8 Å². The lowest BCUT2D eigenvalue weighted by atomic mass is 10.1. The molecule has 4 aliphatic heterocycles. The van der Waals surface area contributed by atoms with Gasteiger partial charge in [-0.3, -0.25) is 0 Å². The van der Waals surface area contributed by atoms with Gasteiger partial charge in [-0.05, 0) is 18.2 Å². The first-order valence-corrected chi connectivity index (χ1v) is 14.4. The van der Waals surface area contributed by atoms with E-state index in [0.29, 0.717) is 60.8 Å². The SMILES string of the molecule is O=C(OC1CCN(c2ccc(-c3nc4nc(O[C@@H]5CO[C@@H]6C(O)CO[C@@H]65)[nH]c4cc3Cl)cc2)CC1)N1CCOCC1. The number of piperidine rings is 1. The molecule has 2 N–H and O–H groups in total. The Morgan fingerprint density at radius 1 is 1.02 bits per heavy atom. The number of ether oxygens (including phenoxy) is 5. The number of aromatic nitrogens is 3. The van der Waals surface area contributed by atoms with Crippen LogP contribution in [-0.4, -0.2) is 114 Å². The van der Waals surface area contributed by atoms with Gasteiger partial charge in [0.1, 0.15) is 24.4 Å². The van der Waals surface area contributed by atoms with E-state index in [1.54, 1.807) is 11.0 Å². The van der Waals surface area contributed by atoms with E-state index >= 15 is 0 Å². The van der Waals surface area contributed by atoms with Gasteiger partial charge < -0.3 is 43.6 Å². The number of amides is 1. The Morgan fingerprint density at radius 3 is 2.56 bits per heavy atom. The van der Waals surface area contributed by atoms with Crippen LogP contribution in [0.4, 0.5) is 10.5 Å². The van der Waals surface area contributed by atoms with Crippen molar-refractivity contribution in [1.82, 2.24) is 19.9 Å². The number of carbonyl (C=O) groups excluding carboxylic acids is 1. The Balaban J connectivity index is 0.981. The summed E-state index contributed by atoms with van der Waals surface area (Å²) >= 11 is 6.63. The van der Waals surface area contributed by atoms with Crippen molar-refractivity contribution in [2.24, 2.45) is 0 Å². The van der Waals surface area contributed by atoms with Crippen molar-refractivity contribution in [2.75, 3.05) is 57.5 Å². The molecular formula is C28H32ClN5O7. The summed E-state index contributed by atoms with van der Waals surface area (Å²) in [4.78, 5) is 28.8. The second-order valence-electron chi connectivity index (χ2n) is 10.8. The standard InChI is InChI=1S/C28H32ClN5O7/c29-19-13-20-26(32-27(30-20)41-22-15-39-24-21(35)14-38-25(22)24)31-23(19)16-1-3-17(4-2-16)33-7-5-18(6-8-33)40-28(36)34-9-11-37-12-10-34/h1-4,13,18,21-22,24-25,35H,5-12,14-15H2,(H,30,31,32)/t21?,22-,24-,25-/m1/s1. The van der Waals surface area contributed by atoms with Crippen LogP contribution < -0.4 is 9.64 Å². The average molecular weight is 586 g/mol. The summed E-state index contributed by atoms with van der Waals surface area (Å²) in [6.07, 6.45) is -0.470. The van der Waals surface area contributed by atoms with Crippen LogP contribution in [0.15, 0.2) is 30.3 Å². The molecule has 0 aliphatic carbocycles. The molecule has 13 heteroatoms. The minimum atomic E-state index is -0.643. The summed E-state index contributed by atoms with van der Waals surface area (Å²) in [5, 5.41) is 10.5. The molecule has 3 aromatic rings. The van der Waals surface area contributed by atoms with E-state index in [1.165, 1.54) is 0 Å². The van der Waals surface area contributed by atoms with Crippen LogP contribution in [0, 0.1) is 0 Å². The number of rotatable bonds is 5. The lowest BCUT2D eigenvalue weighted by Crippen LogP contribution is -2.44. The Kier molecular flexibility index (Phi) is 7.34. The van der Waals surface area contributed by atoms with Gasteiger partial charge in [-0.25, -0.2) is 9.78 Å². The van der Waals surface area contributed by atoms with Crippen LogP contribution in [0.2, 0.25) is 5.02 Å². The lowest BCUT2D eigenvalue weighted by Gasteiger charge is -2.35. The van der Waals surface area contributed by atoms with E-state index in [0.717, 1.165) is 37.2 Å². The first-order chi connectivity index (χ1) is 20.0. The highest BCUT2D eigenvalue weighted by atomic mass is 35.5. The number of aliphatic hydroxyl groups is 1. The smallest absolute Gasteiger partial charge is 0.410 e. The number of hydrogen-bond acceptors (Lipinski definition) is 10. The van der Waals surface area contributed by atoms with Gasteiger partial charge >= 0.3 is 6.09 Å². The number of anilines is 1. The van der Waals surface area contributed by atoms with Crippen molar-refractivity contribution >= 4 is 34.5 Å². The van der Waals surface area contributed by atoms with Crippen LogP contribution in [-0.2, 0) is 18.9 Å². The molecule has 4 atom stereocenters. The number of nitrogens with one attached hydrogen (secondary N) is 1. The Hall–Kier alpha value is -3.16. The van der Waals surface area contributed by atoms with Gasteiger partial charge in [-0.15, -0.1) is 0 Å². The van der Waals surface area contributed by atoms with Gasteiger partial charge in [0.05, 0.1) is 42.7 Å². The third-order valence-corrected chi connectivity index (χ3v) is 8.42. The van der Waals surface area contributed by atoms with Crippen molar-refractivity contribution in [3.8, 4) is 17.3 Å². The van der Waals surface area contributed by atoms with Gasteiger partial charge in [0, 0.05) is 50.3 Å². The molecule has 7 rings (SSSR count). The maximum Gasteiger partial charge on any atom is 0.410 e. The van der Waals surface area contributed by atoms with E-state index < -0.39 is 6.10 Å². The third kappa shape index (κ3) is 5.42. The molecule has 1 aromatic carbocycles. The molecule has 0 spiro atoms. The number of nitrogens with zero attached hydrogens (tertiary/aromatic N) is 4. The summed E-state index contributed by atoms with van der Waals surface area (Å²) in [6, 6.07) is 10.2. The molecule has 0 radical (unpaired) electrons. The van der Waals surface area contributed by atoms with Crippen LogP contribution in [0.5, 0.6) is 6.01 Å². The monoisotopic (exact) mass is 585 g/mol. The summed E-state index contributed by atoms with van der Waals surface area (Å²) in [5.41, 5.74) is 3.74. The van der Waals surface area contributed by atoms with E-state index in [2.05, 4.69) is 27.0 Å². The zero-order valence-electron chi connectivity index (χ0n) is 22.4. The maximum atomic E-state index is 12.4. The first kappa shape index (κ1) is 26.7. The van der Waals surface area contributed by atoms with Crippen molar-refractivity contribution in [3.05, 3.63) is 35.4 Å². The number of aromatic amines is 1. The predicted molar refractivity (Wildman–Crippen MR) is 148 cm³/mol. The molecule has 4 saturated heterocycles. The van der Waals surface area contributed by atoms with Crippen LogP contribution in [0.1, 0.15) is 12.8 Å². The highest BCUT2D eigenvalue weighted by Gasteiger charge is 2.48. The second kappa shape index (κ2) is 11.3. The zero-order valence-corrected chi connectivity index (χ0v) is 23.2. The number of aliphatic hydroxyl groups excluding tert-OH is 1. The number of fused-ring (bicyclic) bond motifs is 2. The molecular weight excluding hydrogens is 554 g/mol. The first-order valence-electron chi connectivity index (χ1n) is 14.0. The Labute approximate surface area is 241 Å². The van der Waals surface area contributed by atoms with Crippen molar-refractivity contribution in [2.45, 2.75) is 43.4 Å². The van der Waals surface area contributed by atoms with Gasteiger partial charge in [-0.2, -0.15) is 4.98 Å². The Morgan fingerprint density at radius 2 is 1.78 bits per heavy atom. The number of imidazole rings is 1. The van der Waals surface area contributed by atoms with Crippen molar-refractivity contribution in [1.29, 1.82) is 0 Å².